The highest BCUT2D eigenvalue weighted by molar-refractivity contribution is 9.09. The van der Waals surface area contributed by atoms with Crippen LogP contribution in [0.5, 0.6) is 0 Å². The fourth-order valence-electron chi connectivity index (χ4n) is 2.61. The molecule has 35 heavy (non-hydrogen) atoms. The second kappa shape index (κ2) is 16.6. The van der Waals surface area contributed by atoms with Crippen LogP contribution in [0.2, 0.25) is 0 Å². The number of rotatable bonds is 9. The van der Waals surface area contributed by atoms with Crippen molar-refractivity contribution in [1.82, 2.24) is 10.3 Å². The zero-order valence-electron chi connectivity index (χ0n) is 20.3. The summed E-state index contributed by atoms with van der Waals surface area (Å²) in [4.78, 5) is 45.2. The molecule has 4 atom stereocenters. The number of hydrogen-bond donors (Lipinski definition) is 6. The third-order valence-corrected chi connectivity index (χ3v) is 5.54. The molecule has 0 aliphatic heterocycles. The molecule has 0 aliphatic rings. The number of aromatic amines is 1. The third-order valence-electron chi connectivity index (χ3n) is 5.03. The van der Waals surface area contributed by atoms with Gasteiger partial charge in [-0.25, -0.2) is 0 Å². The number of H-pyrrole nitrogens is 1. The average Bonchev–Trinajstić information content (AvgIpc) is 3.25. The summed E-state index contributed by atoms with van der Waals surface area (Å²) in [6.07, 6.45) is 3.18. The first-order valence-corrected chi connectivity index (χ1v) is 12.0. The fraction of sp³-hybridized carbons (Fsp3) is 0.478. The van der Waals surface area contributed by atoms with Crippen molar-refractivity contribution in [3.63, 3.8) is 0 Å². The van der Waals surface area contributed by atoms with Crippen LogP contribution in [0.3, 0.4) is 0 Å². The van der Waals surface area contributed by atoms with Gasteiger partial charge in [0.1, 0.15) is 18.1 Å². The molecule has 11 nitrogen and oxygen atoms in total. The van der Waals surface area contributed by atoms with Gasteiger partial charge in [-0.3, -0.25) is 19.2 Å². The summed E-state index contributed by atoms with van der Waals surface area (Å²) in [6, 6.07) is 5.80. The monoisotopic (exact) mass is 558 g/mol. The van der Waals surface area contributed by atoms with E-state index >= 15 is 0 Å². The van der Waals surface area contributed by atoms with Crippen LogP contribution in [-0.2, 0) is 30.3 Å². The van der Waals surface area contributed by atoms with E-state index in [-0.39, 0.29) is 23.1 Å². The Morgan fingerprint density at radius 1 is 1.11 bits per heavy atom. The number of hydrogen-bond acceptors (Lipinski definition) is 7. The number of fused-ring (bicyclic) bond motifs is 1. The first kappa shape index (κ1) is 32.0. The standard InChI is InChI=1S/C12H14N2O2.C6H13NO2.C5H8BrNO3/c1-16-12(15)10(13)6-8-7-14-11-5-3-2-4-9(8)11;1-3-4(2)5(7)6(8)9;1-3(5(9)10)7-4(8)2-6/h2-5,7,10,14H,6,13H2,1H3;4-5H,3,7H2,1-2H3,(H,8,9);3H,2H2,1H3,(H,7,8)(H,9,10). The molecule has 0 spiro atoms. The lowest BCUT2D eigenvalue weighted by Crippen LogP contribution is -2.38. The van der Waals surface area contributed by atoms with E-state index in [4.69, 9.17) is 21.7 Å². The molecule has 0 saturated carbocycles. The van der Waals surface area contributed by atoms with Crippen molar-refractivity contribution in [2.24, 2.45) is 17.4 Å². The predicted octanol–water partition coefficient (Wildman–Crippen LogP) is 1.63. The molecule has 196 valence electrons. The Balaban J connectivity index is 0.000000531. The number of nitrogens with one attached hydrogen (secondary N) is 2. The number of aliphatic carboxylic acids is 2. The average molecular weight is 559 g/mol. The molecule has 1 amide bonds. The Labute approximate surface area is 212 Å². The number of nitrogens with two attached hydrogens (primary N) is 2. The molecule has 1 heterocycles. The third kappa shape index (κ3) is 11.8. The van der Waals surface area contributed by atoms with Crippen molar-refractivity contribution in [2.75, 3.05) is 12.4 Å². The Hall–Kier alpha value is -2.96. The van der Waals surface area contributed by atoms with Gasteiger partial charge in [0.05, 0.1) is 12.4 Å². The molecule has 0 saturated heterocycles. The maximum atomic E-state index is 11.2. The van der Waals surface area contributed by atoms with E-state index in [0.717, 1.165) is 22.9 Å². The summed E-state index contributed by atoms with van der Waals surface area (Å²) in [5.41, 5.74) is 13.1. The number of carboxylic acids is 2. The highest BCUT2D eigenvalue weighted by Crippen LogP contribution is 2.18. The Morgan fingerprint density at radius 3 is 2.17 bits per heavy atom. The molecular formula is C23H35BrN4O7. The van der Waals surface area contributed by atoms with Gasteiger partial charge in [0, 0.05) is 23.5 Å². The van der Waals surface area contributed by atoms with E-state index in [1.54, 1.807) is 0 Å². The first-order chi connectivity index (χ1) is 16.4. The number of carboxylic acid groups (broad SMARTS) is 2. The molecule has 2 rings (SSSR count). The van der Waals surface area contributed by atoms with Gasteiger partial charge in [0.15, 0.2) is 0 Å². The highest BCUT2D eigenvalue weighted by Gasteiger charge is 2.17. The van der Waals surface area contributed by atoms with Crippen molar-refractivity contribution >= 4 is 50.6 Å². The zero-order chi connectivity index (χ0) is 27.1. The van der Waals surface area contributed by atoms with Crippen molar-refractivity contribution < 1.29 is 34.1 Å². The van der Waals surface area contributed by atoms with Crippen LogP contribution in [-0.4, -0.2) is 69.6 Å². The summed E-state index contributed by atoms with van der Waals surface area (Å²) >= 11 is 2.89. The van der Waals surface area contributed by atoms with Gasteiger partial charge >= 0.3 is 17.9 Å². The molecule has 1 aromatic heterocycles. The number of amides is 1. The van der Waals surface area contributed by atoms with Crippen LogP contribution < -0.4 is 16.8 Å². The van der Waals surface area contributed by atoms with Gasteiger partial charge in [-0.2, -0.15) is 0 Å². The lowest BCUT2D eigenvalue weighted by atomic mass is 10.0. The number of carbonyl (C=O) groups excluding carboxylic acids is 2. The van der Waals surface area contributed by atoms with Crippen LogP contribution in [0, 0.1) is 5.92 Å². The molecule has 0 radical (unpaired) electrons. The minimum Gasteiger partial charge on any atom is -0.480 e. The van der Waals surface area contributed by atoms with Crippen LogP contribution in [0.4, 0.5) is 0 Å². The SMILES string of the molecule is CC(NC(=O)CBr)C(=O)O.CCC(C)C(N)C(=O)O.COC(=O)C(N)Cc1c[nH]c2ccccc12. The molecule has 8 N–H and O–H groups in total. The minimum atomic E-state index is -1.03. The van der Waals surface area contributed by atoms with E-state index < -0.39 is 30.1 Å². The quantitative estimate of drug-likeness (QED) is 0.195. The van der Waals surface area contributed by atoms with Gasteiger partial charge in [-0.15, -0.1) is 0 Å². The molecule has 0 bridgehead atoms. The van der Waals surface area contributed by atoms with E-state index in [9.17, 15) is 19.2 Å². The van der Waals surface area contributed by atoms with E-state index in [1.165, 1.54) is 14.0 Å². The predicted molar refractivity (Wildman–Crippen MR) is 136 cm³/mol. The summed E-state index contributed by atoms with van der Waals surface area (Å²) in [6.45, 7) is 5.16. The van der Waals surface area contributed by atoms with Gasteiger partial charge < -0.3 is 36.7 Å². The number of halogens is 1. The normalized spacial score (nSPS) is 13.6. The lowest BCUT2D eigenvalue weighted by molar-refractivity contribution is -0.142. The van der Waals surface area contributed by atoms with Crippen molar-refractivity contribution in [3.05, 3.63) is 36.0 Å². The fourth-order valence-corrected chi connectivity index (χ4v) is 2.77. The second-order valence-electron chi connectivity index (χ2n) is 7.70. The number of aromatic nitrogens is 1. The Bertz CT molecular complexity index is 966. The number of benzene rings is 1. The molecule has 0 fully saturated rings. The van der Waals surface area contributed by atoms with Crippen LogP contribution in [0.15, 0.2) is 30.5 Å². The summed E-state index contributed by atoms with van der Waals surface area (Å²) in [5, 5.41) is 20.1. The number of carbonyl (C=O) groups is 4. The number of para-hydroxylation sites is 1. The van der Waals surface area contributed by atoms with Crippen LogP contribution in [0.25, 0.3) is 10.9 Å². The maximum absolute atomic E-state index is 11.2. The summed E-state index contributed by atoms with van der Waals surface area (Å²) in [5.74, 6) is -2.58. The Kier molecular flexibility index (Phi) is 15.2. The van der Waals surface area contributed by atoms with Gasteiger partial charge in [-0.1, -0.05) is 54.4 Å². The van der Waals surface area contributed by atoms with E-state index in [0.29, 0.717) is 6.42 Å². The molecule has 2 aromatic rings. The zero-order valence-corrected chi connectivity index (χ0v) is 21.9. The summed E-state index contributed by atoms with van der Waals surface area (Å²) < 4.78 is 4.60. The van der Waals surface area contributed by atoms with E-state index in [2.05, 4.69) is 31.0 Å². The topological polar surface area (TPSA) is 198 Å². The maximum Gasteiger partial charge on any atom is 0.325 e. The highest BCUT2D eigenvalue weighted by atomic mass is 79.9. The first-order valence-electron chi connectivity index (χ1n) is 10.8. The molecule has 0 aliphatic carbocycles. The number of ether oxygens (including phenoxy) is 1. The molecular weight excluding hydrogens is 524 g/mol. The smallest absolute Gasteiger partial charge is 0.325 e. The van der Waals surface area contributed by atoms with Crippen molar-refractivity contribution in [2.45, 2.75) is 51.7 Å². The summed E-state index contributed by atoms with van der Waals surface area (Å²) in [7, 11) is 1.34. The Morgan fingerprint density at radius 2 is 1.71 bits per heavy atom. The number of methoxy groups -OCH3 is 1. The lowest BCUT2D eigenvalue weighted by Gasteiger charge is -2.11. The number of alkyl halides is 1. The van der Waals surface area contributed by atoms with Gasteiger partial charge in [0.2, 0.25) is 5.91 Å². The van der Waals surface area contributed by atoms with E-state index in [1.807, 2.05) is 44.3 Å². The van der Waals surface area contributed by atoms with Crippen molar-refractivity contribution in [3.8, 4) is 0 Å². The minimum absolute atomic E-state index is 0.0718. The van der Waals surface area contributed by atoms with Gasteiger partial charge in [0.25, 0.3) is 0 Å². The van der Waals surface area contributed by atoms with Crippen LogP contribution in [0.1, 0.15) is 32.8 Å². The molecule has 12 heteroatoms. The van der Waals surface area contributed by atoms with Crippen molar-refractivity contribution in [1.29, 1.82) is 0 Å². The number of esters is 1. The van der Waals surface area contributed by atoms with Gasteiger partial charge in [-0.05, 0) is 24.5 Å². The van der Waals surface area contributed by atoms with Crippen LogP contribution >= 0.6 is 15.9 Å². The largest absolute Gasteiger partial charge is 0.480 e. The second-order valence-corrected chi connectivity index (χ2v) is 8.26. The molecule has 1 aromatic carbocycles. The molecule has 4 unspecified atom stereocenters.